The number of carbonyl (C=O) groups excluding carboxylic acids is 2. The van der Waals surface area contributed by atoms with E-state index in [1.54, 1.807) is 36.5 Å². The summed E-state index contributed by atoms with van der Waals surface area (Å²) < 4.78 is 21.2. The minimum atomic E-state index is -1.32. The maximum Gasteiger partial charge on any atom is 0.361 e. The summed E-state index contributed by atoms with van der Waals surface area (Å²) >= 11 is 0. The molecule has 5 heterocycles. The number of anilines is 2. The van der Waals surface area contributed by atoms with E-state index in [1.807, 2.05) is 10.9 Å². The predicted molar refractivity (Wildman–Crippen MR) is 211 cm³/mol. The van der Waals surface area contributed by atoms with Gasteiger partial charge in [-0.05, 0) is 113 Å². The fourth-order valence-corrected chi connectivity index (χ4v) is 8.96. The van der Waals surface area contributed by atoms with Crippen LogP contribution in [0.5, 0.6) is 0 Å². The van der Waals surface area contributed by atoms with Gasteiger partial charge in [-0.3, -0.25) is 9.48 Å². The quantitative estimate of drug-likeness (QED) is 0.167. The van der Waals surface area contributed by atoms with Crippen molar-refractivity contribution in [2.45, 2.75) is 69.6 Å². The number of nitrogens with two attached hydrogens (primary N) is 1. The third kappa shape index (κ3) is 9.01. The van der Waals surface area contributed by atoms with E-state index in [9.17, 15) is 14.0 Å². The van der Waals surface area contributed by atoms with Crippen LogP contribution in [0.15, 0.2) is 73.2 Å². The summed E-state index contributed by atoms with van der Waals surface area (Å²) in [6, 6.07) is 15.0. The molecule has 1 aliphatic carbocycles. The minimum absolute atomic E-state index is 0. The molecule has 2 aromatic carbocycles. The summed E-state index contributed by atoms with van der Waals surface area (Å²) in [6.45, 7) is 8.19. The normalized spacial score (nSPS) is 20.3. The molecule has 14 heteroatoms. The number of hydrogen-bond donors (Lipinski definition) is 3. The standard InChI is InChI=1S/C41H50FN9O3.ClH/c42-31-6-8-32(9-7-31)47-39(52)37(29-4-2-1-3-5-29)54-40(53)36-38(43)45-25-35(48-36)30-24-46-51(27-30)33-12-18-49(19-13-33)26-28-10-20-50(21-11-28)34-22-41(23-34)14-16-44-17-15-41;/h1-9,24-25,27-28,33-34,37,44H,10-23,26H2,(H2,43,45)(H,47,52);1H/t37-;/m1./s1. The Balaban J connectivity index is 0.00000465. The lowest BCUT2D eigenvalue weighted by molar-refractivity contribution is -0.125. The van der Waals surface area contributed by atoms with E-state index < -0.39 is 23.8 Å². The van der Waals surface area contributed by atoms with E-state index in [0.29, 0.717) is 27.9 Å². The third-order valence-corrected chi connectivity index (χ3v) is 12.2. The number of nitrogen functional groups attached to an aromatic ring is 1. The number of carbonyl (C=O) groups is 2. The van der Waals surface area contributed by atoms with Crippen molar-refractivity contribution in [1.82, 2.24) is 34.9 Å². The number of benzene rings is 2. The summed E-state index contributed by atoms with van der Waals surface area (Å²) in [5, 5.41) is 10.9. The van der Waals surface area contributed by atoms with Gasteiger partial charge in [0, 0.05) is 48.7 Å². The molecule has 12 nitrogen and oxygen atoms in total. The molecule has 292 valence electrons. The molecule has 4 aromatic rings. The fraction of sp³-hybridized carbons (Fsp3) is 0.488. The summed E-state index contributed by atoms with van der Waals surface area (Å²) in [7, 11) is 0. The second kappa shape index (κ2) is 17.2. The largest absolute Gasteiger partial charge is 0.442 e. The minimum Gasteiger partial charge on any atom is -0.442 e. The number of esters is 1. The first kappa shape index (κ1) is 38.8. The van der Waals surface area contributed by atoms with Gasteiger partial charge in [0.15, 0.2) is 11.5 Å². The molecule has 1 amide bonds. The van der Waals surface area contributed by atoms with Crippen molar-refractivity contribution in [1.29, 1.82) is 0 Å². The van der Waals surface area contributed by atoms with Crippen molar-refractivity contribution in [2.75, 3.05) is 56.9 Å². The highest BCUT2D eigenvalue weighted by Gasteiger charge is 2.47. The third-order valence-electron chi connectivity index (χ3n) is 12.2. The Kier molecular flexibility index (Phi) is 12.1. The molecule has 55 heavy (non-hydrogen) atoms. The van der Waals surface area contributed by atoms with Gasteiger partial charge in [0.05, 0.1) is 24.1 Å². The lowest BCUT2D eigenvalue weighted by atomic mass is 9.60. The predicted octanol–water partition coefficient (Wildman–Crippen LogP) is 5.90. The molecule has 2 aromatic heterocycles. The topological polar surface area (TPSA) is 144 Å². The molecular formula is C41H51ClFN9O3. The van der Waals surface area contributed by atoms with Gasteiger partial charge in [0.1, 0.15) is 5.82 Å². The van der Waals surface area contributed by atoms with Crippen LogP contribution in [-0.2, 0) is 9.53 Å². The molecule has 1 spiro atoms. The van der Waals surface area contributed by atoms with Crippen LogP contribution in [0.4, 0.5) is 15.9 Å². The van der Waals surface area contributed by atoms with Crippen LogP contribution in [0.3, 0.4) is 0 Å². The molecular weight excluding hydrogens is 721 g/mol. The van der Waals surface area contributed by atoms with Gasteiger partial charge in [0.2, 0.25) is 6.10 Å². The summed E-state index contributed by atoms with van der Waals surface area (Å²) in [4.78, 5) is 41.0. The molecule has 1 atom stereocenters. The lowest BCUT2D eigenvalue weighted by Gasteiger charge is -2.55. The van der Waals surface area contributed by atoms with Crippen LogP contribution < -0.4 is 16.4 Å². The molecule has 0 radical (unpaired) electrons. The Morgan fingerprint density at radius 2 is 1.65 bits per heavy atom. The number of amides is 1. The summed E-state index contributed by atoms with van der Waals surface area (Å²) in [6.07, 6.45) is 14.1. The zero-order valence-corrected chi connectivity index (χ0v) is 31.9. The molecule has 3 aliphatic heterocycles. The van der Waals surface area contributed by atoms with E-state index >= 15 is 0 Å². The number of aromatic nitrogens is 4. The zero-order valence-electron chi connectivity index (χ0n) is 31.1. The highest BCUT2D eigenvalue weighted by Crippen LogP contribution is 2.50. The molecule has 4 aliphatic rings. The van der Waals surface area contributed by atoms with Crippen molar-refractivity contribution in [2.24, 2.45) is 11.3 Å². The van der Waals surface area contributed by atoms with Gasteiger partial charge in [-0.2, -0.15) is 5.10 Å². The first-order valence-electron chi connectivity index (χ1n) is 19.5. The van der Waals surface area contributed by atoms with Crippen LogP contribution in [0.1, 0.15) is 79.6 Å². The van der Waals surface area contributed by atoms with Crippen molar-refractivity contribution in [3.63, 3.8) is 0 Å². The highest BCUT2D eigenvalue weighted by molar-refractivity contribution is 5.99. The van der Waals surface area contributed by atoms with Crippen molar-refractivity contribution >= 4 is 35.8 Å². The molecule has 0 unspecified atom stereocenters. The number of hydrogen-bond acceptors (Lipinski definition) is 10. The number of halogens is 2. The van der Waals surface area contributed by atoms with Crippen LogP contribution >= 0.6 is 12.4 Å². The maximum atomic E-state index is 13.5. The summed E-state index contributed by atoms with van der Waals surface area (Å²) in [5.74, 6) is -1.29. The van der Waals surface area contributed by atoms with Crippen LogP contribution in [0.2, 0.25) is 0 Å². The number of nitrogens with zero attached hydrogens (tertiary/aromatic N) is 6. The molecule has 1 saturated carbocycles. The van der Waals surface area contributed by atoms with Gasteiger partial charge in [-0.15, -0.1) is 12.4 Å². The van der Waals surface area contributed by atoms with Crippen LogP contribution in [0, 0.1) is 17.2 Å². The number of ether oxygens (including phenoxy) is 1. The Morgan fingerprint density at radius 1 is 0.945 bits per heavy atom. The fourth-order valence-electron chi connectivity index (χ4n) is 8.96. The van der Waals surface area contributed by atoms with Crippen LogP contribution in [-0.4, -0.2) is 93.3 Å². The van der Waals surface area contributed by atoms with Gasteiger partial charge in [0.25, 0.3) is 5.91 Å². The second-order valence-corrected chi connectivity index (χ2v) is 15.7. The van der Waals surface area contributed by atoms with Crippen molar-refractivity contribution in [3.8, 4) is 11.3 Å². The molecule has 4 fully saturated rings. The number of piperidine rings is 3. The Morgan fingerprint density at radius 3 is 2.36 bits per heavy atom. The zero-order chi connectivity index (χ0) is 37.1. The van der Waals surface area contributed by atoms with E-state index in [4.69, 9.17) is 10.5 Å². The average Bonchev–Trinajstić information content (AvgIpc) is 3.69. The Bertz CT molecular complexity index is 1900. The SMILES string of the molecule is Cl.Nc1ncc(-c2cnn(C3CCN(CC4CCN(C5CC6(CCNCC6)C5)CC4)CC3)c2)nc1C(=O)O[C@@H](C(=O)Nc1ccc(F)cc1)c1ccccc1. The molecule has 0 bridgehead atoms. The van der Waals surface area contributed by atoms with E-state index in [2.05, 4.69) is 35.5 Å². The number of rotatable bonds is 10. The Labute approximate surface area is 327 Å². The smallest absolute Gasteiger partial charge is 0.361 e. The van der Waals surface area contributed by atoms with Gasteiger partial charge in [-0.1, -0.05) is 30.3 Å². The van der Waals surface area contributed by atoms with Gasteiger partial charge < -0.3 is 30.9 Å². The summed E-state index contributed by atoms with van der Waals surface area (Å²) in [5.41, 5.74) is 8.49. The maximum absolute atomic E-state index is 13.5. The van der Waals surface area contributed by atoms with Crippen molar-refractivity contribution in [3.05, 3.63) is 90.3 Å². The highest BCUT2D eigenvalue weighted by atomic mass is 35.5. The van der Waals surface area contributed by atoms with E-state index in [0.717, 1.165) is 37.9 Å². The van der Waals surface area contributed by atoms with E-state index in [-0.39, 0.29) is 30.0 Å². The van der Waals surface area contributed by atoms with Gasteiger partial charge >= 0.3 is 5.97 Å². The lowest BCUT2D eigenvalue weighted by Crippen LogP contribution is -2.56. The van der Waals surface area contributed by atoms with Gasteiger partial charge in [-0.25, -0.2) is 19.2 Å². The monoisotopic (exact) mass is 771 g/mol. The van der Waals surface area contributed by atoms with Crippen LogP contribution in [0.25, 0.3) is 11.3 Å². The molecule has 8 rings (SSSR count). The number of likely N-dealkylation sites (tertiary alicyclic amines) is 2. The van der Waals surface area contributed by atoms with E-state index in [1.165, 1.54) is 102 Å². The number of nitrogens with one attached hydrogen (secondary N) is 2. The first-order chi connectivity index (χ1) is 26.3. The Hall–Kier alpha value is -4.43. The first-order valence-corrected chi connectivity index (χ1v) is 19.5. The molecule has 4 N–H and O–H groups in total. The molecule has 3 saturated heterocycles. The average molecular weight is 772 g/mol. The van der Waals surface area contributed by atoms with Crippen molar-refractivity contribution < 1.29 is 18.7 Å². The second-order valence-electron chi connectivity index (χ2n) is 15.7.